The number of thioether (sulfide) groups is 1. The van der Waals surface area contributed by atoms with E-state index in [0.717, 1.165) is 49.7 Å². The molecule has 1 amide bonds. The van der Waals surface area contributed by atoms with Crippen LogP contribution in [-0.2, 0) is 21.7 Å². The Balaban J connectivity index is 1.22. The topological polar surface area (TPSA) is 75.1 Å². The van der Waals surface area contributed by atoms with Gasteiger partial charge in [-0.2, -0.15) is 5.26 Å². The van der Waals surface area contributed by atoms with Crippen molar-refractivity contribution in [1.29, 1.82) is 5.26 Å². The molecule has 268 valence electrons. The zero-order chi connectivity index (χ0) is 34.0. The maximum absolute atomic E-state index is 12.9. The van der Waals surface area contributed by atoms with E-state index in [1.807, 2.05) is 11.0 Å². The van der Waals surface area contributed by atoms with E-state index in [4.69, 9.17) is 16.3 Å². The summed E-state index contributed by atoms with van der Waals surface area (Å²) < 4.78 is 7.32. The van der Waals surface area contributed by atoms with Crippen molar-refractivity contribution in [3.8, 4) is 6.07 Å². The predicted molar refractivity (Wildman–Crippen MR) is 198 cm³/mol. The Hall–Kier alpha value is -1.64. The first-order chi connectivity index (χ1) is 23.9. The third-order valence-electron chi connectivity index (χ3n) is 12.9. The van der Waals surface area contributed by atoms with Gasteiger partial charge in [-0.05, 0) is 88.2 Å². The molecule has 4 aliphatic heterocycles. The molecule has 2 aliphatic carbocycles. The average Bonchev–Trinajstić information content (AvgIpc) is 3.50. The molecule has 5 fully saturated rings. The largest absolute Gasteiger partial charge is 0.348 e. The Bertz CT molecular complexity index is 1370. The summed E-state index contributed by atoms with van der Waals surface area (Å²) >= 11 is 8.81. The van der Waals surface area contributed by atoms with Crippen LogP contribution in [0.3, 0.4) is 0 Å². The molecule has 7 atom stereocenters. The second kappa shape index (κ2) is 15.9. The van der Waals surface area contributed by atoms with Gasteiger partial charge in [0.25, 0.3) is 0 Å². The first kappa shape index (κ1) is 35.7. The van der Waals surface area contributed by atoms with Crippen molar-refractivity contribution in [3.63, 3.8) is 0 Å². The first-order valence-corrected chi connectivity index (χ1v) is 20.6. The smallest absolute Gasteiger partial charge is 0.246 e. The van der Waals surface area contributed by atoms with Gasteiger partial charge in [0.15, 0.2) is 6.35 Å². The van der Waals surface area contributed by atoms with Gasteiger partial charge in [-0.3, -0.25) is 15.0 Å². The first-order valence-electron chi connectivity index (χ1n) is 19.2. The van der Waals surface area contributed by atoms with Crippen LogP contribution in [0, 0.1) is 17.2 Å². The minimum atomic E-state index is -0.155. The van der Waals surface area contributed by atoms with E-state index in [-0.39, 0.29) is 29.2 Å². The zero-order valence-corrected chi connectivity index (χ0v) is 31.1. The van der Waals surface area contributed by atoms with Crippen molar-refractivity contribution in [3.05, 3.63) is 47.0 Å². The quantitative estimate of drug-likeness (QED) is 0.327. The number of fused-ring (bicyclic) bond motifs is 2. The summed E-state index contributed by atoms with van der Waals surface area (Å²) in [5.41, 5.74) is 2.75. The standard InChI is InChI=1S/C39H57ClN6O2S/c1-3-36(47)45-22-21-44(25-30(45)17-19-41)37-32-16-18-39(23-28-11-9-15-34(40)33(28)27-49-39)24-35(32)42-38(48-26-31-14-10-20-43(31)2)46(37)29-12-7-5-4-6-8-13-29/h3,9,11,15,29-32,35,37-38,42H,1,4-8,10,12-14,16-18,20-27H2,2H3/t30?,31?,32?,35?,37?,38?,39-/m1/s1. The second-order valence-corrected chi connectivity index (χ2v) is 17.6. The highest BCUT2D eigenvalue weighted by Gasteiger charge is 2.54. The molecule has 1 aromatic carbocycles. The molecule has 4 heterocycles. The fourth-order valence-electron chi connectivity index (χ4n) is 10.2. The van der Waals surface area contributed by atoms with Crippen LogP contribution < -0.4 is 5.32 Å². The molecule has 3 saturated heterocycles. The molecule has 1 N–H and O–H groups in total. The van der Waals surface area contributed by atoms with Crippen molar-refractivity contribution >= 4 is 29.3 Å². The van der Waals surface area contributed by atoms with Gasteiger partial charge in [0.05, 0.1) is 31.3 Å². The summed E-state index contributed by atoms with van der Waals surface area (Å²) in [7, 11) is 2.25. The lowest BCUT2D eigenvalue weighted by molar-refractivity contribution is -0.214. The number of carbonyl (C=O) groups is 1. The lowest BCUT2D eigenvalue weighted by Gasteiger charge is -2.61. The SMILES string of the molecule is C=CC(=O)N1CCN(C2C3CC[C@@]4(Cc5cccc(Cl)c5CS4)CC3NC(OCC3CCCN3C)N2C2CCCCCCC2)CC1CC#N. The van der Waals surface area contributed by atoms with Gasteiger partial charge in [-0.15, -0.1) is 11.8 Å². The summed E-state index contributed by atoms with van der Waals surface area (Å²) in [5.74, 6) is 1.36. The van der Waals surface area contributed by atoms with Crippen molar-refractivity contribution in [2.24, 2.45) is 5.92 Å². The van der Waals surface area contributed by atoms with E-state index in [0.29, 0.717) is 43.6 Å². The maximum Gasteiger partial charge on any atom is 0.246 e. The summed E-state index contributed by atoms with van der Waals surface area (Å²) in [4.78, 5) is 22.8. The molecule has 0 aromatic heterocycles. The number of nitriles is 1. The normalized spacial score (nSPS) is 35.2. The summed E-state index contributed by atoms with van der Waals surface area (Å²) in [6.45, 7) is 7.82. The van der Waals surface area contributed by atoms with E-state index in [2.05, 4.69) is 63.6 Å². The molecular weight excluding hydrogens is 652 g/mol. The van der Waals surface area contributed by atoms with Crippen LogP contribution in [0.4, 0.5) is 0 Å². The monoisotopic (exact) mass is 708 g/mol. The van der Waals surface area contributed by atoms with Crippen LogP contribution >= 0.6 is 23.4 Å². The number of piperazine rings is 1. The number of rotatable bonds is 7. The third kappa shape index (κ3) is 7.63. The van der Waals surface area contributed by atoms with E-state index in [1.54, 1.807) is 0 Å². The van der Waals surface area contributed by atoms with Crippen LogP contribution in [0.25, 0.3) is 0 Å². The highest BCUT2D eigenvalue weighted by atomic mass is 35.5. The summed E-state index contributed by atoms with van der Waals surface area (Å²) in [5, 5.41) is 15.0. The Morgan fingerprint density at radius 1 is 1.12 bits per heavy atom. The Morgan fingerprint density at radius 2 is 1.94 bits per heavy atom. The van der Waals surface area contributed by atoms with Gasteiger partial charge in [-0.25, -0.2) is 4.90 Å². The second-order valence-electron chi connectivity index (χ2n) is 15.8. The van der Waals surface area contributed by atoms with Gasteiger partial charge in [0.2, 0.25) is 5.91 Å². The molecule has 7 rings (SSSR count). The molecule has 0 radical (unpaired) electrons. The molecule has 6 unspecified atom stereocenters. The molecule has 6 aliphatic rings. The number of hydrogen-bond acceptors (Lipinski definition) is 8. The highest BCUT2D eigenvalue weighted by molar-refractivity contribution is 8.00. The third-order valence-corrected chi connectivity index (χ3v) is 14.8. The van der Waals surface area contributed by atoms with E-state index >= 15 is 0 Å². The molecule has 0 bridgehead atoms. The van der Waals surface area contributed by atoms with Crippen LogP contribution in [0.15, 0.2) is 30.9 Å². The molecule has 1 spiro atoms. The van der Waals surface area contributed by atoms with E-state index in [1.165, 1.54) is 81.4 Å². The summed E-state index contributed by atoms with van der Waals surface area (Å²) in [6, 6.07) is 9.96. The Morgan fingerprint density at radius 3 is 2.69 bits per heavy atom. The van der Waals surface area contributed by atoms with Crippen LogP contribution in [0.1, 0.15) is 94.6 Å². The molecule has 49 heavy (non-hydrogen) atoms. The number of amides is 1. The lowest BCUT2D eigenvalue weighted by atomic mass is 9.71. The summed E-state index contributed by atoms with van der Waals surface area (Å²) in [6.07, 6.45) is 17.7. The van der Waals surface area contributed by atoms with Gasteiger partial charge < -0.3 is 14.5 Å². The minimum absolute atomic E-state index is 0.0591. The number of hydrogen-bond donors (Lipinski definition) is 1. The Kier molecular flexibility index (Phi) is 11.6. The Labute approximate surface area is 303 Å². The maximum atomic E-state index is 12.9. The number of carbonyl (C=O) groups excluding carboxylic acids is 1. The van der Waals surface area contributed by atoms with Gasteiger partial charge in [0.1, 0.15) is 0 Å². The number of nitrogens with zero attached hydrogens (tertiary/aromatic N) is 5. The average molecular weight is 709 g/mol. The van der Waals surface area contributed by atoms with Crippen LogP contribution in [-0.4, -0.2) is 107 Å². The van der Waals surface area contributed by atoms with Crippen LogP contribution in [0.5, 0.6) is 0 Å². The fourth-order valence-corrected chi connectivity index (χ4v) is 12.2. The molecular formula is C39H57ClN6O2S. The number of ether oxygens (including phenoxy) is 1. The van der Waals surface area contributed by atoms with Crippen molar-refractivity contribution in [1.82, 2.24) is 24.9 Å². The molecule has 8 nitrogen and oxygen atoms in total. The number of benzene rings is 1. The van der Waals surface area contributed by atoms with Crippen molar-refractivity contribution in [2.75, 3.05) is 39.8 Å². The highest BCUT2D eigenvalue weighted by Crippen LogP contribution is 2.52. The molecule has 2 saturated carbocycles. The fraction of sp³-hybridized carbons (Fsp3) is 0.744. The van der Waals surface area contributed by atoms with E-state index < -0.39 is 0 Å². The van der Waals surface area contributed by atoms with Gasteiger partial charge in [0, 0.05) is 59.2 Å². The number of likely N-dealkylation sites (tertiary alicyclic amines) is 1. The number of likely N-dealkylation sites (N-methyl/N-ethyl adjacent to an activating group) is 1. The zero-order valence-electron chi connectivity index (χ0n) is 29.5. The predicted octanol–water partition coefficient (Wildman–Crippen LogP) is 6.39. The van der Waals surface area contributed by atoms with Gasteiger partial charge in [-0.1, -0.05) is 62.4 Å². The van der Waals surface area contributed by atoms with E-state index in [9.17, 15) is 10.1 Å². The van der Waals surface area contributed by atoms with Gasteiger partial charge >= 0.3 is 0 Å². The van der Waals surface area contributed by atoms with Crippen LogP contribution in [0.2, 0.25) is 5.02 Å². The number of halogens is 1. The molecule has 1 aromatic rings. The number of nitrogens with one attached hydrogen (secondary N) is 1. The molecule has 10 heteroatoms. The van der Waals surface area contributed by atoms with Crippen molar-refractivity contribution in [2.45, 2.75) is 137 Å². The van der Waals surface area contributed by atoms with Crippen molar-refractivity contribution < 1.29 is 9.53 Å². The lowest BCUT2D eigenvalue weighted by Crippen LogP contribution is -2.75. The minimum Gasteiger partial charge on any atom is -0.348 e.